The van der Waals surface area contributed by atoms with Crippen molar-refractivity contribution in [2.75, 3.05) is 13.2 Å². The summed E-state index contributed by atoms with van der Waals surface area (Å²) in [4.78, 5) is 0. The van der Waals surface area contributed by atoms with Crippen molar-refractivity contribution in [3.05, 3.63) is 33.3 Å². The fraction of sp³-hybridized carbons (Fsp3) is 0.400. The smallest absolute Gasteiger partial charge is 0.0961 e. The average molecular weight is 279 g/mol. The molecule has 0 amide bonds. The quantitative estimate of drug-likeness (QED) is 0.918. The standard InChI is InChI=1S/C10H13BrClNO/c1-2-14-10(6-13)8-5-7(11)3-4-9(8)12/h3-5,10H,2,6,13H2,1H3. The Kier molecular flexibility index (Phi) is 4.89. The average Bonchev–Trinajstić information content (AvgIpc) is 2.18. The summed E-state index contributed by atoms with van der Waals surface area (Å²) >= 11 is 9.44. The number of rotatable bonds is 4. The minimum atomic E-state index is -0.120. The van der Waals surface area contributed by atoms with Crippen LogP contribution in [-0.4, -0.2) is 13.2 Å². The number of nitrogens with two attached hydrogens (primary N) is 1. The Balaban J connectivity index is 2.96. The Hall–Kier alpha value is -0.0900. The third-order valence-corrected chi connectivity index (χ3v) is 2.72. The molecule has 0 aliphatic carbocycles. The second kappa shape index (κ2) is 5.71. The van der Waals surface area contributed by atoms with Crippen LogP contribution < -0.4 is 5.73 Å². The van der Waals surface area contributed by atoms with Crippen LogP contribution in [0.4, 0.5) is 0 Å². The first kappa shape index (κ1) is 12.0. The van der Waals surface area contributed by atoms with Crippen molar-refractivity contribution in [2.24, 2.45) is 5.73 Å². The molecule has 1 aromatic rings. The van der Waals surface area contributed by atoms with Gasteiger partial charge >= 0.3 is 0 Å². The van der Waals surface area contributed by atoms with E-state index in [1.807, 2.05) is 25.1 Å². The van der Waals surface area contributed by atoms with Gasteiger partial charge < -0.3 is 10.5 Å². The van der Waals surface area contributed by atoms with E-state index >= 15 is 0 Å². The lowest BCUT2D eigenvalue weighted by Gasteiger charge is -2.16. The lowest BCUT2D eigenvalue weighted by atomic mass is 10.1. The van der Waals surface area contributed by atoms with Gasteiger partial charge in [0.25, 0.3) is 0 Å². The summed E-state index contributed by atoms with van der Waals surface area (Å²) in [6.07, 6.45) is -0.120. The second-order valence-corrected chi connectivity index (χ2v) is 4.17. The third-order valence-electron chi connectivity index (χ3n) is 1.89. The van der Waals surface area contributed by atoms with E-state index in [0.717, 1.165) is 10.0 Å². The normalized spacial score (nSPS) is 12.9. The highest BCUT2D eigenvalue weighted by molar-refractivity contribution is 9.10. The van der Waals surface area contributed by atoms with E-state index in [-0.39, 0.29) is 6.10 Å². The molecule has 0 saturated carbocycles. The highest BCUT2D eigenvalue weighted by atomic mass is 79.9. The Morgan fingerprint density at radius 1 is 1.57 bits per heavy atom. The molecule has 2 N–H and O–H groups in total. The molecule has 0 fully saturated rings. The van der Waals surface area contributed by atoms with E-state index in [1.54, 1.807) is 0 Å². The molecule has 14 heavy (non-hydrogen) atoms. The first-order valence-electron chi connectivity index (χ1n) is 4.45. The first-order chi connectivity index (χ1) is 6.69. The van der Waals surface area contributed by atoms with Gasteiger partial charge in [0.05, 0.1) is 6.10 Å². The van der Waals surface area contributed by atoms with Crippen molar-refractivity contribution in [3.8, 4) is 0 Å². The van der Waals surface area contributed by atoms with Gasteiger partial charge in [-0.25, -0.2) is 0 Å². The van der Waals surface area contributed by atoms with E-state index in [2.05, 4.69) is 15.9 Å². The zero-order chi connectivity index (χ0) is 10.6. The molecule has 0 aliphatic heterocycles. The molecule has 0 heterocycles. The van der Waals surface area contributed by atoms with Crippen LogP contribution in [0.15, 0.2) is 22.7 Å². The van der Waals surface area contributed by atoms with E-state index < -0.39 is 0 Å². The third kappa shape index (κ3) is 2.95. The van der Waals surface area contributed by atoms with Crippen molar-refractivity contribution in [1.82, 2.24) is 0 Å². The molecular weight excluding hydrogens is 265 g/mol. The molecule has 0 radical (unpaired) electrons. The van der Waals surface area contributed by atoms with Crippen molar-refractivity contribution in [3.63, 3.8) is 0 Å². The maximum Gasteiger partial charge on any atom is 0.0961 e. The Morgan fingerprint density at radius 2 is 2.29 bits per heavy atom. The minimum absolute atomic E-state index is 0.120. The molecule has 78 valence electrons. The van der Waals surface area contributed by atoms with Crippen LogP contribution in [0, 0.1) is 0 Å². The van der Waals surface area contributed by atoms with Crippen LogP contribution >= 0.6 is 27.5 Å². The Morgan fingerprint density at radius 3 is 2.86 bits per heavy atom. The number of hydrogen-bond acceptors (Lipinski definition) is 2. The van der Waals surface area contributed by atoms with Gasteiger partial charge in [-0.15, -0.1) is 0 Å². The summed E-state index contributed by atoms with van der Waals surface area (Å²) in [5.74, 6) is 0. The molecule has 0 bridgehead atoms. The summed E-state index contributed by atoms with van der Waals surface area (Å²) in [7, 11) is 0. The molecule has 0 aliphatic rings. The Labute approximate surface area is 97.5 Å². The maximum atomic E-state index is 6.05. The number of hydrogen-bond donors (Lipinski definition) is 1. The van der Waals surface area contributed by atoms with Crippen LogP contribution in [0.5, 0.6) is 0 Å². The SMILES string of the molecule is CCOC(CN)c1cc(Br)ccc1Cl. The van der Waals surface area contributed by atoms with E-state index in [4.69, 9.17) is 22.1 Å². The van der Waals surface area contributed by atoms with Gasteiger partial charge in [0, 0.05) is 28.2 Å². The van der Waals surface area contributed by atoms with Crippen molar-refractivity contribution >= 4 is 27.5 Å². The monoisotopic (exact) mass is 277 g/mol. The Bertz CT molecular complexity index is 306. The lowest BCUT2D eigenvalue weighted by molar-refractivity contribution is 0.0689. The van der Waals surface area contributed by atoms with Crippen LogP contribution in [0.1, 0.15) is 18.6 Å². The van der Waals surface area contributed by atoms with Crippen molar-refractivity contribution in [2.45, 2.75) is 13.0 Å². The van der Waals surface area contributed by atoms with Gasteiger partial charge in [0.1, 0.15) is 0 Å². The van der Waals surface area contributed by atoms with Gasteiger partial charge in [0.2, 0.25) is 0 Å². The van der Waals surface area contributed by atoms with Gasteiger partial charge in [-0.2, -0.15) is 0 Å². The first-order valence-corrected chi connectivity index (χ1v) is 5.62. The molecule has 1 aromatic carbocycles. The van der Waals surface area contributed by atoms with Gasteiger partial charge in [-0.05, 0) is 25.1 Å². The molecule has 4 heteroatoms. The largest absolute Gasteiger partial charge is 0.372 e. The van der Waals surface area contributed by atoms with E-state index in [0.29, 0.717) is 18.2 Å². The molecule has 2 nitrogen and oxygen atoms in total. The molecular formula is C10H13BrClNO. The summed E-state index contributed by atoms with van der Waals surface area (Å²) in [5, 5.41) is 0.692. The van der Waals surface area contributed by atoms with Crippen LogP contribution in [0.25, 0.3) is 0 Å². The highest BCUT2D eigenvalue weighted by Gasteiger charge is 2.13. The summed E-state index contributed by atoms with van der Waals surface area (Å²) in [6, 6.07) is 5.67. The lowest BCUT2D eigenvalue weighted by Crippen LogP contribution is -2.16. The highest BCUT2D eigenvalue weighted by Crippen LogP contribution is 2.28. The molecule has 0 saturated heterocycles. The summed E-state index contributed by atoms with van der Waals surface area (Å²) < 4.78 is 6.46. The predicted octanol–water partition coefficient (Wildman–Crippen LogP) is 3.14. The zero-order valence-electron chi connectivity index (χ0n) is 7.97. The van der Waals surface area contributed by atoms with Crippen LogP contribution in [0.2, 0.25) is 5.02 Å². The predicted molar refractivity (Wildman–Crippen MR) is 62.6 cm³/mol. The fourth-order valence-corrected chi connectivity index (χ4v) is 1.87. The van der Waals surface area contributed by atoms with Gasteiger partial charge in [-0.3, -0.25) is 0 Å². The second-order valence-electron chi connectivity index (χ2n) is 2.85. The zero-order valence-corrected chi connectivity index (χ0v) is 10.3. The van der Waals surface area contributed by atoms with Crippen molar-refractivity contribution in [1.29, 1.82) is 0 Å². The summed E-state index contributed by atoms with van der Waals surface area (Å²) in [6.45, 7) is 3.00. The van der Waals surface area contributed by atoms with Crippen LogP contribution in [0.3, 0.4) is 0 Å². The molecule has 1 rings (SSSR count). The molecule has 0 aromatic heterocycles. The maximum absolute atomic E-state index is 6.05. The molecule has 0 spiro atoms. The number of benzene rings is 1. The van der Waals surface area contributed by atoms with Gasteiger partial charge in [0.15, 0.2) is 0 Å². The minimum Gasteiger partial charge on any atom is -0.372 e. The van der Waals surface area contributed by atoms with E-state index in [9.17, 15) is 0 Å². The molecule has 1 atom stereocenters. The fourth-order valence-electron chi connectivity index (χ4n) is 1.25. The van der Waals surface area contributed by atoms with Crippen molar-refractivity contribution < 1.29 is 4.74 Å². The topological polar surface area (TPSA) is 35.2 Å². The van der Waals surface area contributed by atoms with E-state index in [1.165, 1.54) is 0 Å². The number of halogens is 2. The number of ether oxygens (including phenoxy) is 1. The van der Waals surface area contributed by atoms with Crippen LogP contribution in [-0.2, 0) is 4.74 Å². The molecule has 1 unspecified atom stereocenters. The summed E-state index contributed by atoms with van der Waals surface area (Å²) in [5.41, 5.74) is 6.55. The van der Waals surface area contributed by atoms with Gasteiger partial charge in [-0.1, -0.05) is 27.5 Å².